The second kappa shape index (κ2) is 9.64. The van der Waals surface area contributed by atoms with Gasteiger partial charge in [0.1, 0.15) is 16.3 Å². The first-order valence-corrected chi connectivity index (χ1v) is 9.67. The maximum Gasteiger partial charge on any atom is 0.349 e. The van der Waals surface area contributed by atoms with E-state index in [9.17, 15) is 9.59 Å². The van der Waals surface area contributed by atoms with Gasteiger partial charge in [0.25, 0.3) is 5.91 Å². The van der Waals surface area contributed by atoms with E-state index in [0.717, 1.165) is 17.8 Å². The zero-order valence-corrected chi connectivity index (χ0v) is 16.6. The van der Waals surface area contributed by atoms with E-state index in [2.05, 4.69) is 11.9 Å². The zero-order valence-electron chi connectivity index (χ0n) is 15.8. The molecule has 0 aromatic carbocycles. The Balaban J connectivity index is 2.30. The van der Waals surface area contributed by atoms with Gasteiger partial charge in [0.05, 0.1) is 13.2 Å². The van der Waals surface area contributed by atoms with Crippen molar-refractivity contribution < 1.29 is 13.9 Å². The molecule has 0 bridgehead atoms. The lowest BCUT2D eigenvalue weighted by atomic mass is 10.0. The predicted octanol–water partition coefficient (Wildman–Crippen LogP) is 3.60. The van der Waals surface area contributed by atoms with Crippen LogP contribution in [0.4, 0.5) is 0 Å². The number of nitrogens with zero attached hydrogens (tertiary/aromatic N) is 2. The second-order valence-corrected chi connectivity index (χ2v) is 7.31. The van der Waals surface area contributed by atoms with Crippen LogP contribution in [-0.2, 0) is 11.3 Å². The van der Waals surface area contributed by atoms with Crippen LogP contribution in [-0.4, -0.2) is 36.1 Å². The minimum atomic E-state index is -0.575. The van der Waals surface area contributed by atoms with Crippen LogP contribution in [0.3, 0.4) is 0 Å². The van der Waals surface area contributed by atoms with Gasteiger partial charge in [-0.2, -0.15) is 0 Å². The Kier molecular flexibility index (Phi) is 7.53. The van der Waals surface area contributed by atoms with E-state index < -0.39 is 5.63 Å². The summed E-state index contributed by atoms with van der Waals surface area (Å²) in [5.74, 6) is 0.433. The predicted molar refractivity (Wildman–Crippen MR) is 102 cm³/mol. The Morgan fingerprint density at radius 3 is 2.81 bits per heavy atom. The molecule has 0 saturated heterocycles. The van der Waals surface area contributed by atoms with Crippen LogP contribution in [0.25, 0.3) is 0 Å². The Labute approximate surface area is 157 Å². The maximum atomic E-state index is 13.0. The van der Waals surface area contributed by atoms with E-state index >= 15 is 0 Å². The monoisotopic (exact) mass is 378 g/mol. The van der Waals surface area contributed by atoms with Crippen molar-refractivity contribution in [3.05, 3.63) is 50.0 Å². The number of amides is 1. The Hall–Kier alpha value is -1.99. The topological polar surface area (TPSA) is 72.6 Å². The highest BCUT2D eigenvalue weighted by molar-refractivity contribution is 7.09. The molecule has 7 heteroatoms. The van der Waals surface area contributed by atoms with Gasteiger partial charge in [-0.05, 0) is 25.0 Å². The van der Waals surface area contributed by atoms with E-state index in [1.165, 1.54) is 11.3 Å². The molecule has 0 aliphatic heterocycles. The molecule has 2 aromatic rings. The number of aromatic nitrogens is 1. The van der Waals surface area contributed by atoms with Gasteiger partial charge in [0.2, 0.25) is 0 Å². The van der Waals surface area contributed by atoms with Crippen molar-refractivity contribution in [2.75, 3.05) is 20.3 Å². The minimum absolute atomic E-state index is 0.0881. The fourth-order valence-corrected chi connectivity index (χ4v) is 3.45. The Morgan fingerprint density at radius 1 is 1.46 bits per heavy atom. The number of rotatable bonds is 9. The third-order valence-electron chi connectivity index (χ3n) is 4.25. The highest BCUT2D eigenvalue weighted by Gasteiger charge is 2.24. The molecule has 0 radical (unpaired) electrons. The average molecular weight is 378 g/mol. The molecular formula is C19H26N2O4S. The Morgan fingerprint density at radius 2 is 2.23 bits per heavy atom. The molecule has 0 spiro atoms. The van der Waals surface area contributed by atoms with Gasteiger partial charge < -0.3 is 14.1 Å². The van der Waals surface area contributed by atoms with Crippen LogP contribution < -0.4 is 5.63 Å². The van der Waals surface area contributed by atoms with E-state index in [4.69, 9.17) is 9.15 Å². The molecule has 142 valence electrons. The standard InChI is InChI=1S/C19H26N2O4S/c1-5-6-13(2)15-11-14(3)17(19(23)25-15)18(22)21(8-9-24-4)12-16-20-7-10-26-16/h7,10-11,13H,5-6,8-9,12H2,1-4H3. The van der Waals surface area contributed by atoms with Crippen LogP contribution in [0.5, 0.6) is 0 Å². The van der Waals surface area contributed by atoms with Gasteiger partial charge in [0, 0.05) is 31.1 Å². The summed E-state index contributed by atoms with van der Waals surface area (Å²) >= 11 is 1.47. The molecule has 2 heterocycles. The number of carbonyl (C=O) groups excluding carboxylic acids is 1. The number of hydrogen-bond donors (Lipinski definition) is 0. The molecule has 1 amide bonds. The van der Waals surface area contributed by atoms with Crippen molar-refractivity contribution in [3.63, 3.8) is 0 Å². The summed E-state index contributed by atoms with van der Waals surface area (Å²) in [7, 11) is 1.58. The third kappa shape index (κ3) is 5.02. The van der Waals surface area contributed by atoms with Gasteiger partial charge in [-0.15, -0.1) is 11.3 Å². The third-order valence-corrected chi connectivity index (χ3v) is 5.02. The van der Waals surface area contributed by atoms with Gasteiger partial charge in [-0.1, -0.05) is 20.3 Å². The number of methoxy groups -OCH3 is 1. The molecule has 0 aliphatic carbocycles. The quantitative estimate of drug-likeness (QED) is 0.667. The molecule has 6 nitrogen and oxygen atoms in total. The second-order valence-electron chi connectivity index (χ2n) is 6.33. The molecule has 1 atom stereocenters. The number of carbonyl (C=O) groups is 1. The Bertz CT molecular complexity index is 770. The van der Waals surface area contributed by atoms with Gasteiger partial charge in [-0.25, -0.2) is 9.78 Å². The van der Waals surface area contributed by atoms with Crippen LogP contribution >= 0.6 is 11.3 Å². The molecule has 0 saturated carbocycles. The molecule has 2 aromatic heterocycles. The molecule has 26 heavy (non-hydrogen) atoms. The molecule has 1 unspecified atom stereocenters. The average Bonchev–Trinajstić information content (AvgIpc) is 3.11. The molecular weight excluding hydrogens is 352 g/mol. The van der Waals surface area contributed by atoms with E-state index in [1.54, 1.807) is 25.1 Å². The minimum Gasteiger partial charge on any atom is -0.427 e. The van der Waals surface area contributed by atoms with Crippen molar-refractivity contribution in [2.45, 2.75) is 46.1 Å². The number of thiazole rings is 1. The summed E-state index contributed by atoms with van der Waals surface area (Å²) in [4.78, 5) is 31.4. The zero-order chi connectivity index (χ0) is 19.1. The van der Waals surface area contributed by atoms with Crippen molar-refractivity contribution >= 4 is 17.2 Å². The smallest absolute Gasteiger partial charge is 0.349 e. The fourth-order valence-electron chi connectivity index (χ4n) is 2.81. The summed E-state index contributed by atoms with van der Waals surface area (Å²) in [6.07, 6.45) is 3.63. The first-order valence-electron chi connectivity index (χ1n) is 8.79. The number of hydrogen-bond acceptors (Lipinski definition) is 6. The fraction of sp³-hybridized carbons (Fsp3) is 0.526. The van der Waals surface area contributed by atoms with Crippen LogP contribution in [0.1, 0.15) is 59.3 Å². The first kappa shape index (κ1) is 20.3. The molecule has 0 aliphatic rings. The van der Waals surface area contributed by atoms with Crippen molar-refractivity contribution in [1.29, 1.82) is 0 Å². The lowest BCUT2D eigenvalue weighted by Crippen LogP contribution is -2.36. The van der Waals surface area contributed by atoms with E-state index in [-0.39, 0.29) is 17.4 Å². The van der Waals surface area contributed by atoms with Crippen LogP contribution in [0.2, 0.25) is 0 Å². The SMILES string of the molecule is CCCC(C)c1cc(C)c(C(=O)N(CCOC)Cc2nccs2)c(=O)o1. The summed E-state index contributed by atoms with van der Waals surface area (Å²) in [5.41, 5.74) is 0.158. The molecule has 0 N–H and O–H groups in total. The maximum absolute atomic E-state index is 13.0. The van der Waals surface area contributed by atoms with Gasteiger partial charge in [-0.3, -0.25) is 4.79 Å². The van der Waals surface area contributed by atoms with Crippen molar-refractivity contribution in [1.82, 2.24) is 9.88 Å². The van der Waals surface area contributed by atoms with Gasteiger partial charge in [0.15, 0.2) is 0 Å². The van der Waals surface area contributed by atoms with E-state index in [0.29, 0.717) is 31.0 Å². The van der Waals surface area contributed by atoms with Crippen LogP contribution in [0.15, 0.2) is 26.9 Å². The largest absolute Gasteiger partial charge is 0.427 e. The van der Waals surface area contributed by atoms with Gasteiger partial charge >= 0.3 is 5.63 Å². The highest BCUT2D eigenvalue weighted by Crippen LogP contribution is 2.22. The lowest BCUT2D eigenvalue weighted by Gasteiger charge is -2.22. The highest BCUT2D eigenvalue weighted by atomic mass is 32.1. The lowest BCUT2D eigenvalue weighted by molar-refractivity contribution is 0.0674. The summed E-state index contributed by atoms with van der Waals surface area (Å²) in [6, 6.07) is 1.81. The molecule has 2 rings (SSSR count). The summed E-state index contributed by atoms with van der Waals surface area (Å²) < 4.78 is 10.6. The van der Waals surface area contributed by atoms with Crippen molar-refractivity contribution in [2.24, 2.45) is 0 Å². The summed E-state index contributed by atoms with van der Waals surface area (Å²) in [5, 5.41) is 2.67. The number of ether oxygens (including phenoxy) is 1. The number of aryl methyl sites for hydroxylation is 1. The van der Waals surface area contributed by atoms with E-state index in [1.807, 2.05) is 18.4 Å². The normalized spacial score (nSPS) is 12.2. The first-order chi connectivity index (χ1) is 12.5. The van der Waals surface area contributed by atoms with Crippen molar-refractivity contribution in [3.8, 4) is 0 Å². The molecule has 0 fully saturated rings. The van der Waals surface area contributed by atoms with Crippen LogP contribution in [0, 0.1) is 6.92 Å². The summed E-state index contributed by atoms with van der Waals surface area (Å²) in [6.45, 7) is 6.99.